The number of carbonyl (C=O) groups excluding carboxylic acids is 2. The largest absolute Gasteiger partial charge is 3.00 e. The number of benzene rings is 2. The smallest absolute Gasteiger partial charge is 0.358 e. The van der Waals surface area contributed by atoms with Crippen LogP contribution in [-0.4, -0.2) is 25.5 Å². The van der Waals surface area contributed by atoms with E-state index in [1.807, 2.05) is 12.1 Å². The van der Waals surface area contributed by atoms with Crippen LogP contribution in [0.25, 0.3) is 11.1 Å². The van der Waals surface area contributed by atoms with E-state index in [0.717, 1.165) is 14.7 Å². The van der Waals surface area contributed by atoms with Gasteiger partial charge < -0.3 is 14.9 Å². The van der Waals surface area contributed by atoms with Crippen molar-refractivity contribution in [2.45, 2.75) is 12.3 Å². The second kappa shape index (κ2) is 12.1. The molecule has 149 valence electrons. The Labute approximate surface area is 182 Å². The summed E-state index contributed by atoms with van der Waals surface area (Å²) in [6.45, 7) is 0.495. The topological polar surface area (TPSA) is 81.4 Å². The molecule has 5 nitrogen and oxygen atoms in total. The summed E-state index contributed by atoms with van der Waals surface area (Å²) in [4.78, 5) is 21.9. The van der Waals surface area contributed by atoms with Crippen molar-refractivity contribution in [2.24, 2.45) is 3.95 Å². The fourth-order valence-electron chi connectivity index (χ4n) is 2.95. The monoisotopic (exact) mass is 524 g/mol. The van der Waals surface area contributed by atoms with Crippen molar-refractivity contribution in [2.75, 3.05) is 13.2 Å². The number of nitrogens with two attached hydrogens (primary N) is 1. The third kappa shape index (κ3) is 5.77. The summed E-state index contributed by atoms with van der Waals surface area (Å²) >= 11 is -0.485. The Morgan fingerprint density at radius 3 is 2.56 bits per heavy atom. The molecule has 1 amide bonds. The third-order valence-electron chi connectivity index (χ3n) is 4.02. The summed E-state index contributed by atoms with van der Waals surface area (Å²) in [6.07, 6.45) is 1.38. The number of hydrogen-bond donors (Lipinski definition) is 2. The SMILES string of the molecule is N[I-]c1ccc2c(c1)C(COC(=O)NCC[C-]=O)c1ccccc1-2.[CH3-].[CH3-].[Ni+3]. The van der Waals surface area contributed by atoms with Gasteiger partial charge in [0.25, 0.3) is 0 Å². The van der Waals surface area contributed by atoms with Crippen molar-refractivity contribution in [1.82, 2.24) is 5.32 Å². The van der Waals surface area contributed by atoms with Crippen LogP contribution in [0.2, 0.25) is 0 Å². The van der Waals surface area contributed by atoms with Crippen LogP contribution in [0.4, 0.5) is 4.79 Å². The standard InChI is InChI=1S/C18H17IN2O3.2CH3.Ni/c20-19-12-6-7-15-13-4-1-2-5-14(13)17(16(15)10-12)11-24-18(23)21-8-3-9-22;;;/h1-2,4-7,10,17H,3,8,11,20H2,(H,21,23);2*1H3;/q-2;2*-1;+3. The van der Waals surface area contributed by atoms with E-state index >= 15 is 0 Å². The van der Waals surface area contributed by atoms with Crippen LogP contribution in [0.3, 0.4) is 0 Å². The summed E-state index contributed by atoms with van der Waals surface area (Å²) in [7, 11) is 0. The molecule has 0 saturated carbocycles. The number of fused-ring (bicyclic) bond motifs is 3. The molecule has 1 aliphatic rings. The maximum absolute atomic E-state index is 11.7. The zero-order valence-electron chi connectivity index (χ0n) is 15.2. The quantitative estimate of drug-likeness (QED) is 0.184. The summed E-state index contributed by atoms with van der Waals surface area (Å²) in [6, 6.07) is 14.5. The number of carbonyl (C=O) groups is 1. The molecule has 3 N–H and O–H groups in total. The first-order valence-electron chi connectivity index (χ1n) is 7.57. The van der Waals surface area contributed by atoms with Gasteiger partial charge >= 0.3 is 168 Å². The van der Waals surface area contributed by atoms with Crippen molar-refractivity contribution < 1.29 is 52.3 Å². The van der Waals surface area contributed by atoms with E-state index in [4.69, 9.17) is 8.68 Å². The average molecular weight is 525 g/mol. The minimum absolute atomic E-state index is 0. The van der Waals surface area contributed by atoms with Gasteiger partial charge in [-0.1, -0.05) is 0 Å². The van der Waals surface area contributed by atoms with E-state index in [1.165, 1.54) is 11.1 Å². The molecular weight excluding hydrogens is 502 g/mol. The molecule has 0 fully saturated rings. The fraction of sp³-hybridized carbons (Fsp3) is 0.200. The van der Waals surface area contributed by atoms with Gasteiger partial charge in [-0.3, -0.25) is 0 Å². The maximum atomic E-state index is 11.7. The van der Waals surface area contributed by atoms with Crippen molar-refractivity contribution in [3.05, 3.63) is 72.0 Å². The molecule has 7 heteroatoms. The Hall–Kier alpha value is -1.44. The van der Waals surface area contributed by atoms with Crippen LogP contribution in [0, 0.1) is 18.4 Å². The van der Waals surface area contributed by atoms with Gasteiger partial charge in [-0.05, 0) is 0 Å². The number of nitrogens with one attached hydrogen (secondary N) is 1. The van der Waals surface area contributed by atoms with Gasteiger partial charge in [0, 0.05) is 0 Å². The van der Waals surface area contributed by atoms with Crippen LogP contribution in [0.5, 0.6) is 0 Å². The summed E-state index contributed by atoms with van der Waals surface area (Å²) in [5.41, 5.74) is 4.68. The number of ether oxygens (including phenoxy) is 1. The Kier molecular flexibility index (Phi) is 11.5. The molecule has 27 heavy (non-hydrogen) atoms. The van der Waals surface area contributed by atoms with Gasteiger partial charge in [-0.2, -0.15) is 0 Å². The first-order chi connectivity index (χ1) is 11.7. The molecule has 2 aromatic rings. The molecule has 1 radical (unpaired) electrons. The molecule has 0 aromatic heterocycles. The van der Waals surface area contributed by atoms with Crippen LogP contribution < -0.4 is 30.7 Å². The number of rotatable bonds is 6. The predicted molar refractivity (Wildman–Crippen MR) is 99.1 cm³/mol. The molecule has 0 spiro atoms. The first-order valence-corrected chi connectivity index (χ1v) is 9.89. The molecular formula is C20H23IN2NiO3-. The summed E-state index contributed by atoms with van der Waals surface area (Å²) in [5, 5.41) is 2.54. The number of amides is 1. The minimum Gasteiger partial charge on any atom is -0.358 e. The Morgan fingerprint density at radius 1 is 1.15 bits per heavy atom. The Morgan fingerprint density at radius 2 is 1.85 bits per heavy atom. The minimum atomic E-state index is -0.515. The Balaban J connectivity index is 0.00000225. The van der Waals surface area contributed by atoms with Gasteiger partial charge in [-0.15, -0.1) is 0 Å². The third-order valence-corrected chi connectivity index (χ3v) is 5.41. The van der Waals surface area contributed by atoms with Crippen LogP contribution in [-0.2, 0) is 26.0 Å². The van der Waals surface area contributed by atoms with Crippen molar-refractivity contribution >= 4 is 12.4 Å². The van der Waals surface area contributed by atoms with Gasteiger partial charge in [0.1, 0.15) is 0 Å². The Bertz CT molecular complexity index is 771. The average Bonchev–Trinajstić information content (AvgIpc) is 2.93. The summed E-state index contributed by atoms with van der Waals surface area (Å²) < 4.78 is 12.4. The van der Waals surface area contributed by atoms with E-state index in [0.29, 0.717) is 0 Å². The van der Waals surface area contributed by atoms with Gasteiger partial charge in [0.15, 0.2) is 0 Å². The van der Waals surface area contributed by atoms with E-state index in [9.17, 15) is 9.59 Å². The molecule has 0 aliphatic heterocycles. The fourth-order valence-corrected chi connectivity index (χ4v) is 3.86. The van der Waals surface area contributed by atoms with Crippen molar-refractivity contribution in [1.29, 1.82) is 0 Å². The molecule has 0 saturated heterocycles. The molecule has 0 bridgehead atoms. The van der Waals surface area contributed by atoms with Crippen LogP contribution in [0.1, 0.15) is 23.5 Å². The summed E-state index contributed by atoms with van der Waals surface area (Å²) in [5.74, 6) is 0.00934. The number of hydrogen-bond acceptors (Lipinski definition) is 4. The van der Waals surface area contributed by atoms with E-state index < -0.39 is 27.6 Å². The molecule has 1 aliphatic carbocycles. The molecule has 1 atom stereocenters. The predicted octanol–water partition coefficient (Wildman–Crippen LogP) is 0.0553. The second-order valence-electron chi connectivity index (χ2n) is 5.40. The van der Waals surface area contributed by atoms with Crippen LogP contribution in [0.15, 0.2) is 42.5 Å². The molecule has 0 heterocycles. The van der Waals surface area contributed by atoms with Crippen molar-refractivity contribution in [3.63, 3.8) is 0 Å². The van der Waals surface area contributed by atoms with E-state index in [1.54, 1.807) is 6.29 Å². The molecule has 1 unspecified atom stereocenters. The van der Waals surface area contributed by atoms with Gasteiger partial charge in [0.2, 0.25) is 0 Å². The molecule has 2 aromatic carbocycles. The van der Waals surface area contributed by atoms with Crippen LogP contribution >= 0.6 is 0 Å². The molecule has 3 rings (SSSR count). The zero-order chi connectivity index (χ0) is 16.9. The van der Waals surface area contributed by atoms with Crippen molar-refractivity contribution in [3.8, 4) is 11.1 Å². The van der Waals surface area contributed by atoms with E-state index in [2.05, 4.69) is 35.6 Å². The zero-order valence-corrected chi connectivity index (χ0v) is 18.4. The maximum Gasteiger partial charge on any atom is 3.00 e. The number of alkyl carbamates (subject to hydrolysis) is 1. The van der Waals surface area contributed by atoms with Gasteiger partial charge in [0.05, 0.1) is 0 Å². The van der Waals surface area contributed by atoms with Gasteiger partial charge in [-0.25, -0.2) is 0 Å². The van der Waals surface area contributed by atoms with E-state index in [-0.39, 0.29) is 56.8 Å². The first kappa shape index (κ1) is 25.6. The second-order valence-corrected chi connectivity index (χ2v) is 7.27. The number of halogens is 1. The normalized spacial score (nSPS) is 13.1.